The number of ketones is 1. The molecule has 0 aliphatic carbocycles. The number of hydrogen-bond donors (Lipinski definition) is 1. The second-order valence-electron chi connectivity index (χ2n) is 7.54. The predicted octanol–water partition coefficient (Wildman–Crippen LogP) is 4.23. The fourth-order valence-electron chi connectivity index (χ4n) is 3.51. The largest absolute Gasteiger partial charge is 0.507 e. The number of rotatable bonds is 7. The molecule has 1 amide bonds. The molecular weight excluding hydrogens is 366 g/mol. The molecule has 2 aromatic carbocycles. The molecule has 3 rings (SSSR count). The van der Waals surface area contributed by atoms with Gasteiger partial charge in [-0.15, -0.1) is 0 Å². The summed E-state index contributed by atoms with van der Waals surface area (Å²) in [5.74, 6) is -1.38. The number of aliphatic hydroxyl groups is 1. The minimum absolute atomic E-state index is 0.108. The van der Waals surface area contributed by atoms with Crippen LogP contribution in [0.25, 0.3) is 5.76 Å². The molecule has 1 atom stereocenters. The average molecular weight is 393 g/mol. The Hall–Kier alpha value is -2.92. The summed E-state index contributed by atoms with van der Waals surface area (Å²) in [5.41, 5.74) is 2.50. The van der Waals surface area contributed by atoms with E-state index in [1.54, 1.807) is 17.0 Å². The van der Waals surface area contributed by atoms with Gasteiger partial charge in [-0.05, 0) is 32.8 Å². The zero-order valence-corrected chi connectivity index (χ0v) is 17.1. The molecule has 0 radical (unpaired) electrons. The van der Waals surface area contributed by atoms with E-state index in [0.717, 1.165) is 11.1 Å². The summed E-state index contributed by atoms with van der Waals surface area (Å²) < 4.78 is 5.58. The van der Waals surface area contributed by atoms with Crippen molar-refractivity contribution in [1.82, 2.24) is 4.90 Å². The van der Waals surface area contributed by atoms with Crippen LogP contribution in [-0.2, 0) is 14.3 Å². The summed E-state index contributed by atoms with van der Waals surface area (Å²) in [6, 6.07) is 16.0. The molecule has 1 heterocycles. The standard InChI is InChI=1S/C24H27NO4/c1-16(2)29-15-7-14-25-21(18-8-5-4-6-9-18)20(23(27)24(25)28)22(26)19-12-10-17(3)11-13-19/h4-6,8-13,16,21,26H,7,14-15H2,1-3H3. The lowest BCUT2D eigenvalue weighted by atomic mass is 9.95. The lowest BCUT2D eigenvalue weighted by Gasteiger charge is -2.25. The molecular formula is C24H27NO4. The normalized spacial score (nSPS) is 18.6. The van der Waals surface area contributed by atoms with E-state index in [0.29, 0.717) is 25.1 Å². The zero-order chi connectivity index (χ0) is 21.0. The molecule has 1 saturated heterocycles. The molecule has 1 aliphatic rings. The molecule has 0 aromatic heterocycles. The maximum atomic E-state index is 12.9. The fourth-order valence-corrected chi connectivity index (χ4v) is 3.51. The van der Waals surface area contributed by atoms with Crippen LogP contribution >= 0.6 is 0 Å². The highest BCUT2D eigenvalue weighted by Crippen LogP contribution is 2.39. The topological polar surface area (TPSA) is 66.8 Å². The van der Waals surface area contributed by atoms with Crippen LogP contribution in [0.4, 0.5) is 0 Å². The van der Waals surface area contributed by atoms with Crippen molar-refractivity contribution in [2.45, 2.75) is 39.3 Å². The third-order valence-electron chi connectivity index (χ3n) is 4.97. The van der Waals surface area contributed by atoms with Crippen molar-refractivity contribution in [3.8, 4) is 0 Å². The molecule has 0 saturated carbocycles. The Kier molecular flexibility index (Phi) is 6.49. The molecule has 1 unspecified atom stereocenters. The van der Waals surface area contributed by atoms with Crippen LogP contribution in [0.5, 0.6) is 0 Å². The highest BCUT2D eigenvalue weighted by molar-refractivity contribution is 6.46. The summed E-state index contributed by atoms with van der Waals surface area (Å²) in [6.45, 7) is 6.74. The van der Waals surface area contributed by atoms with E-state index in [4.69, 9.17) is 4.74 Å². The van der Waals surface area contributed by atoms with Crippen molar-refractivity contribution < 1.29 is 19.4 Å². The second-order valence-corrected chi connectivity index (χ2v) is 7.54. The summed E-state index contributed by atoms with van der Waals surface area (Å²) in [4.78, 5) is 27.2. The van der Waals surface area contributed by atoms with Crippen LogP contribution in [0.3, 0.4) is 0 Å². The van der Waals surface area contributed by atoms with Gasteiger partial charge in [0.15, 0.2) is 0 Å². The Morgan fingerprint density at radius 3 is 2.34 bits per heavy atom. The monoisotopic (exact) mass is 393 g/mol. The summed E-state index contributed by atoms with van der Waals surface area (Å²) in [6.07, 6.45) is 0.718. The van der Waals surface area contributed by atoms with Crippen molar-refractivity contribution >= 4 is 17.4 Å². The van der Waals surface area contributed by atoms with E-state index in [2.05, 4.69) is 0 Å². The number of aliphatic hydroxyl groups excluding tert-OH is 1. The predicted molar refractivity (Wildman–Crippen MR) is 112 cm³/mol. The number of aryl methyl sites for hydroxylation is 1. The summed E-state index contributed by atoms with van der Waals surface area (Å²) in [7, 11) is 0. The van der Waals surface area contributed by atoms with Gasteiger partial charge in [0.05, 0.1) is 17.7 Å². The van der Waals surface area contributed by atoms with E-state index in [-0.39, 0.29) is 17.4 Å². The Balaban J connectivity index is 1.99. The van der Waals surface area contributed by atoms with Crippen LogP contribution in [0.15, 0.2) is 60.2 Å². The van der Waals surface area contributed by atoms with E-state index in [1.807, 2.05) is 63.2 Å². The molecule has 5 heteroatoms. The van der Waals surface area contributed by atoms with Gasteiger partial charge >= 0.3 is 0 Å². The number of carbonyl (C=O) groups is 2. The van der Waals surface area contributed by atoms with Crippen molar-refractivity contribution in [2.24, 2.45) is 0 Å². The molecule has 2 aromatic rings. The SMILES string of the molecule is Cc1ccc(C(O)=C2C(=O)C(=O)N(CCCOC(C)C)C2c2ccccc2)cc1. The smallest absolute Gasteiger partial charge is 0.295 e. The van der Waals surface area contributed by atoms with E-state index in [1.165, 1.54) is 0 Å². The maximum absolute atomic E-state index is 12.9. The van der Waals surface area contributed by atoms with Gasteiger partial charge in [-0.2, -0.15) is 0 Å². The van der Waals surface area contributed by atoms with Crippen LogP contribution < -0.4 is 0 Å². The van der Waals surface area contributed by atoms with Crippen LogP contribution in [0.1, 0.15) is 43.0 Å². The van der Waals surface area contributed by atoms with Gasteiger partial charge in [0.1, 0.15) is 5.76 Å². The minimum Gasteiger partial charge on any atom is -0.507 e. The first-order valence-electron chi connectivity index (χ1n) is 9.92. The van der Waals surface area contributed by atoms with E-state index >= 15 is 0 Å². The highest BCUT2D eigenvalue weighted by Gasteiger charge is 2.45. The van der Waals surface area contributed by atoms with Crippen LogP contribution in [0, 0.1) is 6.92 Å². The molecule has 1 aliphatic heterocycles. The van der Waals surface area contributed by atoms with Crippen molar-refractivity contribution in [2.75, 3.05) is 13.2 Å². The van der Waals surface area contributed by atoms with E-state index < -0.39 is 17.7 Å². The highest BCUT2D eigenvalue weighted by atomic mass is 16.5. The number of carbonyl (C=O) groups excluding carboxylic acids is 2. The number of amides is 1. The number of hydrogen-bond acceptors (Lipinski definition) is 4. The van der Waals surface area contributed by atoms with Gasteiger partial charge in [-0.1, -0.05) is 60.2 Å². The van der Waals surface area contributed by atoms with Crippen molar-refractivity contribution in [1.29, 1.82) is 0 Å². The summed E-state index contributed by atoms with van der Waals surface area (Å²) in [5, 5.41) is 10.9. The lowest BCUT2D eigenvalue weighted by Crippen LogP contribution is -2.31. The molecule has 29 heavy (non-hydrogen) atoms. The van der Waals surface area contributed by atoms with Crippen LogP contribution in [0.2, 0.25) is 0 Å². The Labute approximate surface area is 171 Å². The number of nitrogens with zero attached hydrogens (tertiary/aromatic N) is 1. The minimum atomic E-state index is -0.651. The van der Waals surface area contributed by atoms with Gasteiger partial charge in [0.2, 0.25) is 0 Å². The van der Waals surface area contributed by atoms with E-state index in [9.17, 15) is 14.7 Å². The Morgan fingerprint density at radius 2 is 1.72 bits per heavy atom. The molecule has 152 valence electrons. The molecule has 1 N–H and O–H groups in total. The van der Waals surface area contributed by atoms with Gasteiger partial charge in [-0.25, -0.2) is 0 Å². The number of benzene rings is 2. The number of likely N-dealkylation sites (tertiary alicyclic amines) is 1. The van der Waals surface area contributed by atoms with Gasteiger partial charge < -0.3 is 14.7 Å². The fraction of sp³-hybridized carbons (Fsp3) is 0.333. The second kappa shape index (κ2) is 9.05. The Morgan fingerprint density at radius 1 is 1.07 bits per heavy atom. The van der Waals surface area contributed by atoms with Gasteiger partial charge in [-0.3, -0.25) is 9.59 Å². The first-order valence-corrected chi connectivity index (χ1v) is 9.92. The summed E-state index contributed by atoms with van der Waals surface area (Å²) >= 11 is 0. The lowest BCUT2D eigenvalue weighted by molar-refractivity contribution is -0.140. The molecule has 0 spiro atoms. The number of Topliss-reactive ketones (excluding diaryl/α,β-unsaturated/α-hetero) is 1. The molecule has 5 nitrogen and oxygen atoms in total. The first-order chi connectivity index (χ1) is 13.9. The van der Waals surface area contributed by atoms with Gasteiger partial charge in [0.25, 0.3) is 11.7 Å². The maximum Gasteiger partial charge on any atom is 0.295 e. The van der Waals surface area contributed by atoms with Crippen molar-refractivity contribution in [3.63, 3.8) is 0 Å². The zero-order valence-electron chi connectivity index (χ0n) is 17.1. The molecule has 0 bridgehead atoms. The van der Waals surface area contributed by atoms with Crippen LogP contribution in [-0.4, -0.2) is 41.0 Å². The average Bonchev–Trinajstić information content (AvgIpc) is 2.96. The van der Waals surface area contributed by atoms with Gasteiger partial charge in [0, 0.05) is 18.7 Å². The molecule has 1 fully saturated rings. The third-order valence-corrected chi connectivity index (χ3v) is 4.97. The third kappa shape index (κ3) is 4.57. The Bertz CT molecular complexity index is 900. The van der Waals surface area contributed by atoms with Crippen molar-refractivity contribution in [3.05, 3.63) is 76.9 Å². The quantitative estimate of drug-likeness (QED) is 0.331. The number of ether oxygens (including phenoxy) is 1. The first kappa shape index (κ1) is 20.8.